The van der Waals surface area contributed by atoms with Crippen LogP contribution in [-0.2, 0) is 0 Å². The lowest BCUT2D eigenvalue weighted by Gasteiger charge is -2.11. The van der Waals surface area contributed by atoms with Gasteiger partial charge in [-0.15, -0.1) is 0 Å². The van der Waals surface area contributed by atoms with Crippen LogP contribution in [0, 0.1) is 13.8 Å². The Bertz CT molecular complexity index is 908. The van der Waals surface area contributed by atoms with Crippen molar-refractivity contribution >= 4 is 29.0 Å². The number of hydrogen-bond acceptors (Lipinski definition) is 5. The Hall–Kier alpha value is -3.41. The highest BCUT2D eigenvalue weighted by Gasteiger charge is 2.05. The number of anilines is 4. The first kappa shape index (κ1) is 16.4. The van der Waals surface area contributed by atoms with Crippen LogP contribution in [0.15, 0.2) is 54.6 Å². The number of aromatic nitrogens is 2. The molecule has 0 saturated carbocycles. The molecule has 6 heteroatoms. The molecule has 0 fully saturated rings. The van der Waals surface area contributed by atoms with E-state index in [9.17, 15) is 4.79 Å². The molecule has 0 bridgehead atoms. The number of carboxylic acids is 1. The molecule has 2 aromatic carbocycles. The van der Waals surface area contributed by atoms with Gasteiger partial charge >= 0.3 is 5.97 Å². The van der Waals surface area contributed by atoms with Crippen molar-refractivity contribution in [2.24, 2.45) is 0 Å². The highest BCUT2D eigenvalue weighted by molar-refractivity contribution is 5.88. The fraction of sp³-hybridized carbons (Fsp3) is 0.105. The SMILES string of the molecule is Cc1cccc(Nc2cc(Nc3ccc(C(=O)O)cc3)nc(C)n2)c1. The van der Waals surface area contributed by atoms with E-state index in [0.717, 1.165) is 16.9 Å². The zero-order valence-electron chi connectivity index (χ0n) is 13.9. The summed E-state index contributed by atoms with van der Waals surface area (Å²) in [6.07, 6.45) is 0. The number of aryl methyl sites for hydroxylation is 2. The van der Waals surface area contributed by atoms with Gasteiger partial charge in [0, 0.05) is 17.4 Å². The van der Waals surface area contributed by atoms with Gasteiger partial charge in [0.15, 0.2) is 0 Å². The molecule has 0 amide bonds. The van der Waals surface area contributed by atoms with Gasteiger partial charge in [-0.2, -0.15) is 0 Å². The fourth-order valence-corrected chi connectivity index (χ4v) is 2.41. The third kappa shape index (κ3) is 4.32. The third-order valence-corrected chi connectivity index (χ3v) is 3.53. The number of nitrogens with one attached hydrogen (secondary N) is 2. The number of rotatable bonds is 5. The van der Waals surface area contributed by atoms with Crippen LogP contribution in [0.2, 0.25) is 0 Å². The summed E-state index contributed by atoms with van der Waals surface area (Å²) in [7, 11) is 0. The molecule has 0 radical (unpaired) electrons. The van der Waals surface area contributed by atoms with Crippen LogP contribution in [-0.4, -0.2) is 21.0 Å². The monoisotopic (exact) mass is 334 g/mol. The Kier molecular flexibility index (Phi) is 4.61. The van der Waals surface area contributed by atoms with Crippen LogP contribution in [0.4, 0.5) is 23.0 Å². The van der Waals surface area contributed by atoms with E-state index in [4.69, 9.17) is 5.11 Å². The minimum absolute atomic E-state index is 0.242. The third-order valence-electron chi connectivity index (χ3n) is 3.53. The quantitative estimate of drug-likeness (QED) is 0.645. The molecule has 0 aliphatic carbocycles. The highest BCUT2D eigenvalue weighted by atomic mass is 16.4. The largest absolute Gasteiger partial charge is 0.478 e. The summed E-state index contributed by atoms with van der Waals surface area (Å²) in [4.78, 5) is 19.7. The predicted molar refractivity (Wildman–Crippen MR) is 97.9 cm³/mol. The first-order valence-corrected chi connectivity index (χ1v) is 7.79. The van der Waals surface area contributed by atoms with Crippen molar-refractivity contribution in [3.8, 4) is 0 Å². The lowest BCUT2D eigenvalue weighted by atomic mass is 10.2. The zero-order chi connectivity index (χ0) is 17.8. The molecule has 0 aliphatic rings. The number of nitrogens with zero attached hydrogens (tertiary/aromatic N) is 2. The van der Waals surface area contributed by atoms with E-state index in [1.54, 1.807) is 30.3 Å². The van der Waals surface area contributed by atoms with E-state index in [1.165, 1.54) is 0 Å². The summed E-state index contributed by atoms with van der Waals surface area (Å²) in [5, 5.41) is 15.4. The summed E-state index contributed by atoms with van der Waals surface area (Å²) < 4.78 is 0. The molecule has 1 aromatic heterocycles. The molecule has 1 heterocycles. The van der Waals surface area contributed by atoms with Crippen molar-refractivity contribution < 1.29 is 9.90 Å². The Balaban J connectivity index is 1.80. The first-order valence-electron chi connectivity index (χ1n) is 7.79. The second-order valence-electron chi connectivity index (χ2n) is 5.69. The number of carbonyl (C=O) groups is 1. The van der Waals surface area contributed by atoms with Crippen LogP contribution in [0.5, 0.6) is 0 Å². The second kappa shape index (κ2) is 7.00. The van der Waals surface area contributed by atoms with E-state index < -0.39 is 5.97 Å². The number of aromatic carboxylic acids is 1. The van der Waals surface area contributed by atoms with Crippen molar-refractivity contribution in [1.29, 1.82) is 0 Å². The standard InChI is InChI=1S/C19H18N4O2/c1-12-4-3-5-16(10-12)23-18-11-17(20-13(2)21-18)22-15-8-6-14(7-9-15)19(24)25/h3-11H,1-2H3,(H,24,25)(H2,20,21,22,23). The van der Waals surface area contributed by atoms with Gasteiger partial charge in [-0.1, -0.05) is 12.1 Å². The van der Waals surface area contributed by atoms with Crippen LogP contribution in [0.3, 0.4) is 0 Å². The molecular formula is C19H18N4O2. The smallest absolute Gasteiger partial charge is 0.335 e. The molecule has 0 atom stereocenters. The van der Waals surface area contributed by atoms with E-state index >= 15 is 0 Å². The summed E-state index contributed by atoms with van der Waals surface area (Å²) in [6.45, 7) is 3.85. The van der Waals surface area contributed by atoms with Crippen molar-refractivity contribution in [2.45, 2.75) is 13.8 Å². The van der Waals surface area contributed by atoms with Crippen LogP contribution >= 0.6 is 0 Å². The molecule has 0 aliphatic heterocycles. The molecule has 3 rings (SSSR count). The van der Waals surface area contributed by atoms with Gasteiger partial charge in [-0.3, -0.25) is 0 Å². The Morgan fingerprint density at radius 1 is 0.880 bits per heavy atom. The molecule has 6 nitrogen and oxygen atoms in total. The number of benzene rings is 2. The number of carboxylic acid groups (broad SMARTS) is 1. The van der Waals surface area contributed by atoms with Gasteiger partial charge in [-0.25, -0.2) is 14.8 Å². The summed E-state index contributed by atoms with van der Waals surface area (Å²) in [6, 6.07) is 16.3. The zero-order valence-corrected chi connectivity index (χ0v) is 13.9. The van der Waals surface area contributed by atoms with Crippen molar-refractivity contribution in [2.75, 3.05) is 10.6 Å². The van der Waals surface area contributed by atoms with Crippen molar-refractivity contribution in [1.82, 2.24) is 9.97 Å². The average molecular weight is 334 g/mol. The van der Waals surface area contributed by atoms with Crippen molar-refractivity contribution in [3.05, 3.63) is 71.5 Å². The molecule has 3 N–H and O–H groups in total. The minimum Gasteiger partial charge on any atom is -0.478 e. The first-order chi connectivity index (χ1) is 12.0. The van der Waals surface area contributed by atoms with E-state index in [0.29, 0.717) is 17.5 Å². The van der Waals surface area contributed by atoms with Gasteiger partial charge in [0.05, 0.1) is 5.56 Å². The van der Waals surface area contributed by atoms with Gasteiger partial charge in [0.2, 0.25) is 0 Å². The Labute approximate surface area is 145 Å². The van der Waals surface area contributed by atoms with Crippen LogP contribution in [0.25, 0.3) is 0 Å². The fourth-order valence-electron chi connectivity index (χ4n) is 2.41. The molecule has 3 aromatic rings. The molecule has 0 unspecified atom stereocenters. The van der Waals surface area contributed by atoms with Crippen LogP contribution in [0.1, 0.15) is 21.7 Å². The summed E-state index contributed by atoms with van der Waals surface area (Å²) >= 11 is 0. The average Bonchev–Trinajstić information content (AvgIpc) is 2.54. The van der Waals surface area contributed by atoms with Crippen LogP contribution < -0.4 is 10.6 Å². The Morgan fingerprint density at radius 2 is 1.52 bits per heavy atom. The molecule has 0 saturated heterocycles. The number of hydrogen-bond donors (Lipinski definition) is 3. The van der Waals surface area contributed by atoms with E-state index in [2.05, 4.69) is 20.6 Å². The molecule has 126 valence electrons. The highest BCUT2D eigenvalue weighted by Crippen LogP contribution is 2.21. The summed E-state index contributed by atoms with van der Waals surface area (Å²) in [5.74, 6) is 0.991. The lowest BCUT2D eigenvalue weighted by Crippen LogP contribution is -2.02. The maximum absolute atomic E-state index is 10.9. The molecule has 25 heavy (non-hydrogen) atoms. The summed E-state index contributed by atoms with van der Waals surface area (Å²) in [5.41, 5.74) is 3.11. The maximum atomic E-state index is 10.9. The second-order valence-corrected chi connectivity index (χ2v) is 5.69. The Morgan fingerprint density at radius 3 is 2.12 bits per heavy atom. The lowest BCUT2D eigenvalue weighted by molar-refractivity contribution is 0.0697. The van der Waals surface area contributed by atoms with E-state index in [1.807, 2.05) is 38.1 Å². The normalized spacial score (nSPS) is 10.3. The predicted octanol–water partition coefficient (Wildman–Crippen LogP) is 4.28. The van der Waals surface area contributed by atoms with Gasteiger partial charge in [0.1, 0.15) is 17.5 Å². The topological polar surface area (TPSA) is 87.1 Å². The van der Waals surface area contributed by atoms with Gasteiger partial charge in [0.25, 0.3) is 0 Å². The van der Waals surface area contributed by atoms with Gasteiger partial charge < -0.3 is 15.7 Å². The molecular weight excluding hydrogens is 316 g/mol. The maximum Gasteiger partial charge on any atom is 0.335 e. The van der Waals surface area contributed by atoms with E-state index in [-0.39, 0.29) is 5.56 Å². The molecule has 0 spiro atoms. The minimum atomic E-state index is -0.950. The van der Waals surface area contributed by atoms with Crippen molar-refractivity contribution in [3.63, 3.8) is 0 Å². The van der Waals surface area contributed by atoms with Gasteiger partial charge in [-0.05, 0) is 55.8 Å².